The van der Waals surface area contributed by atoms with E-state index < -0.39 is 17.9 Å². The normalized spacial score (nSPS) is 10.8. The van der Waals surface area contributed by atoms with E-state index in [0.29, 0.717) is 5.69 Å². The number of benzene rings is 2. The highest BCUT2D eigenvalue weighted by Gasteiger charge is 2.31. The fourth-order valence-corrected chi connectivity index (χ4v) is 3.72. The molecule has 7 heteroatoms. The average Bonchev–Trinajstić information content (AvgIpc) is 2.82. The number of hydrogen-bond donors (Lipinski definition) is 1. The molecule has 1 heterocycles. The Morgan fingerprint density at radius 2 is 1.55 bits per heavy atom. The molecule has 7 nitrogen and oxygen atoms in total. The fourth-order valence-electron chi connectivity index (χ4n) is 3.72. The summed E-state index contributed by atoms with van der Waals surface area (Å²) in [5.74, 6) is -2.27. The van der Waals surface area contributed by atoms with Gasteiger partial charge in [0.2, 0.25) is 0 Å². The van der Waals surface area contributed by atoms with Crippen molar-refractivity contribution in [1.29, 1.82) is 0 Å². The maximum atomic E-state index is 12.7. The maximum Gasteiger partial charge on any atom is 0.320 e. The van der Waals surface area contributed by atoms with Crippen molar-refractivity contribution in [2.45, 2.75) is 33.6 Å². The molecule has 0 radical (unpaired) electrons. The van der Waals surface area contributed by atoms with Gasteiger partial charge < -0.3 is 15.2 Å². The number of carbonyl (C=O) groups excluding carboxylic acids is 2. The minimum atomic E-state index is -1.07. The molecule has 172 valence electrons. The molecule has 3 aromatic rings. The molecule has 0 saturated heterocycles. The standard InChI is InChI=1S/C26H29N3O4/c1-4-17-9-19(12-22(27)10-17)23-8-7-18(21-14-28-16-29-15-21)11-20(23)13-24(25(30)32-5-2)26(31)33-6-3/h7-12,14-16,24H,4-6,13,27H2,1-3H3. The van der Waals surface area contributed by atoms with Gasteiger partial charge in [-0.25, -0.2) is 9.97 Å². The number of aromatic nitrogens is 2. The van der Waals surface area contributed by atoms with Crippen LogP contribution in [0.1, 0.15) is 31.9 Å². The molecule has 0 bridgehead atoms. The van der Waals surface area contributed by atoms with Crippen LogP contribution in [0.2, 0.25) is 0 Å². The second kappa shape index (κ2) is 11.2. The predicted molar refractivity (Wildman–Crippen MR) is 127 cm³/mol. The largest absolute Gasteiger partial charge is 0.465 e. The van der Waals surface area contributed by atoms with E-state index in [1.165, 1.54) is 6.33 Å². The molecule has 0 saturated carbocycles. The van der Waals surface area contributed by atoms with Gasteiger partial charge in [0.15, 0.2) is 5.92 Å². The minimum absolute atomic E-state index is 0.130. The number of ether oxygens (including phenoxy) is 2. The van der Waals surface area contributed by atoms with Gasteiger partial charge in [0, 0.05) is 23.6 Å². The molecule has 2 aromatic carbocycles. The first-order valence-electron chi connectivity index (χ1n) is 11.1. The van der Waals surface area contributed by atoms with Crippen molar-refractivity contribution in [1.82, 2.24) is 9.97 Å². The van der Waals surface area contributed by atoms with E-state index in [9.17, 15) is 9.59 Å². The molecule has 0 unspecified atom stereocenters. The van der Waals surface area contributed by atoms with Crippen LogP contribution in [0.3, 0.4) is 0 Å². The predicted octanol–water partition coefficient (Wildman–Crippen LogP) is 4.24. The van der Waals surface area contributed by atoms with Gasteiger partial charge in [-0.15, -0.1) is 0 Å². The van der Waals surface area contributed by atoms with E-state index in [4.69, 9.17) is 15.2 Å². The van der Waals surface area contributed by atoms with E-state index in [1.54, 1.807) is 26.2 Å². The van der Waals surface area contributed by atoms with Crippen LogP contribution in [-0.4, -0.2) is 35.1 Å². The van der Waals surface area contributed by atoms with Gasteiger partial charge in [-0.3, -0.25) is 9.59 Å². The molecule has 1 aromatic heterocycles. The lowest BCUT2D eigenvalue weighted by Crippen LogP contribution is -2.30. The van der Waals surface area contributed by atoms with Gasteiger partial charge in [0.05, 0.1) is 13.2 Å². The van der Waals surface area contributed by atoms with Crippen molar-refractivity contribution in [2.75, 3.05) is 18.9 Å². The van der Waals surface area contributed by atoms with Gasteiger partial charge >= 0.3 is 11.9 Å². The smallest absolute Gasteiger partial charge is 0.320 e. The molecule has 0 aliphatic rings. The number of rotatable bonds is 9. The zero-order chi connectivity index (χ0) is 23.8. The second-order valence-corrected chi connectivity index (χ2v) is 7.58. The SMILES string of the molecule is CCOC(=O)C(Cc1cc(-c2cncnc2)ccc1-c1cc(N)cc(CC)c1)C(=O)OCC. The highest BCUT2D eigenvalue weighted by Crippen LogP contribution is 2.32. The quantitative estimate of drug-likeness (QED) is 0.297. The summed E-state index contributed by atoms with van der Waals surface area (Å²) in [5.41, 5.74) is 12.2. The molecule has 0 spiro atoms. The first-order chi connectivity index (χ1) is 16.0. The molecular formula is C26H29N3O4. The Balaban J connectivity index is 2.13. The van der Waals surface area contributed by atoms with Crippen LogP contribution in [0.15, 0.2) is 55.1 Å². The molecule has 0 atom stereocenters. The molecule has 0 aliphatic carbocycles. The van der Waals surface area contributed by atoms with Gasteiger partial charge in [-0.05, 0) is 66.6 Å². The summed E-state index contributed by atoms with van der Waals surface area (Å²) in [6.45, 7) is 5.84. The van der Waals surface area contributed by atoms with Crippen molar-refractivity contribution < 1.29 is 19.1 Å². The lowest BCUT2D eigenvalue weighted by atomic mass is 9.89. The molecule has 2 N–H and O–H groups in total. The van der Waals surface area contributed by atoms with E-state index >= 15 is 0 Å². The van der Waals surface area contributed by atoms with Crippen LogP contribution in [0.4, 0.5) is 5.69 Å². The van der Waals surface area contributed by atoms with Crippen LogP contribution in [-0.2, 0) is 31.9 Å². The van der Waals surface area contributed by atoms with E-state index in [1.807, 2.05) is 30.3 Å². The molecule has 0 fully saturated rings. The van der Waals surface area contributed by atoms with Gasteiger partial charge in [0.1, 0.15) is 6.33 Å². The molecule has 0 aliphatic heterocycles. The average molecular weight is 448 g/mol. The van der Waals surface area contributed by atoms with Gasteiger partial charge in [-0.2, -0.15) is 0 Å². The fraction of sp³-hybridized carbons (Fsp3) is 0.308. The van der Waals surface area contributed by atoms with Gasteiger partial charge in [0.25, 0.3) is 0 Å². The lowest BCUT2D eigenvalue weighted by molar-refractivity contribution is -0.161. The minimum Gasteiger partial charge on any atom is -0.465 e. The summed E-state index contributed by atoms with van der Waals surface area (Å²) in [4.78, 5) is 33.5. The van der Waals surface area contributed by atoms with E-state index in [2.05, 4.69) is 23.0 Å². The Hall–Kier alpha value is -3.74. The summed E-state index contributed by atoms with van der Waals surface area (Å²) < 4.78 is 10.4. The monoisotopic (exact) mass is 447 g/mol. The number of esters is 2. The number of aryl methyl sites for hydroxylation is 1. The number of nitrogen functional groups attached to an aromatic ring is 1. The third kappa shape index (κ3) is 5.94. The van der Waals surface area contributed by atoms with Gasteiger partial charge in [-0.1, -0.05) is 31.2 Å². The van der Waals surface area contributed by atoms with Crippen molar-refractivity contribution in [2.24, 2.45) is 5.92 Å². The van der Waals surface area contributed by atoms with Crippen LogP contribution in [0.5, 0.6) is 0 Å². The maximum absolute atomic E-state index is 12.7. The van der Waals surface area contributed by atoms with Crippen LogP contribution >= 0.6 is 0 Å². The summed E-state index contributed by atoms with van der Waals surface area (Å²) in [5, 5.41) is 0. The highest BCUT2D eigenvalue weighted by atomic mass is 16.6. The summed E-state index contributed by atoms with van der Waals surface area (Å²) >= 11 is 0. The number of nitrogens with zero attached hydrogens (tertiary/aromatic N) is 2. The van der Waals surface area contributed by atoms with Crippen LogP contribution in [0, 0.1) is 5.92 Å². The highest BCUT2D eigenvalue weighted by molar-refractivity contribution is 5.95. The molecular weight excluding hydrogens is 418 g/mol. The molecule has 3 rings (SSSR count). The number of anilines is 1. The first kappa shape index (κ1) is 23.9. The number of nitrogens with two attached hydrogens (primary N) is 1. The Kier molecular flexibility index (Phi) is 8.13. The Bertz CT molecular complexity index is 1100. The second-order valence-electron chi connectivity index (χ2n) is 7.58. The Morgan fingerprint density at radius 3 is 2.15 bits per heavy atom. The molecule has 0 amide bonds. The van der Waals surface area contributed by atoms with Crippen molar-refractivity contribution in [3.05, 3.63) is 66.2 Å². The summed E-state index contributed by atoms with van der Waals surface area (Å²) in [6, 6.07) is 11.8. The number of hydrogen-bond acceptors (Lipinski definition) is 7. The third-order valence-electron chi connectivity index (χ3n) is 5.30. The first-order valence-corrected chi connectivity index (χ1v) is 11.1. The summed E-state index contributed by atoms with van der Waals surface area (Å²) in [7, 11) is 0. The van der Waals surface area contributed by atoms with E-state index in [0.717, 1.165) is 39.8 Å². The number of carbonyl (C=O) groups is 2. The van der Waals surface area contributed by atoms with Crippen LogP contribution < -0.4 is 5.73 Å². The lowest BCUT2D eigenvalue weighted by Gasteiger charge is -2.18. The van der Waals surface area contributed by atoms with Crippen molar-refractivity contribution in [3.8, 4) is 22.3 Å². The van der Waals surface area contributed by atoms with Crippen LogP contribution in [0.25, 0.3) is 22.3 Å². The Labute approximate surface area is 194 Å². The topological polar surface area (TPSA) is 104 Å². The van der Waals surface area contributed by atoms with E-state index in [-0.39, 0.29) is 19.6 Å². The third-order valence-corrected chi connectivity index (χ3v) is 5.30. The zero-order valence-electron chi connectivity index (χ0n) is 19.2. The Morgan fingerprint density at radius 1 is 0.879 bits per heavy atom. The van der Waals surface area contributed by atoms with Crippen molar-refractivity contribution in [3.63, 3.8) is 0 Å². The molecule has 33 heavy (non-hydrogen) atoms. The summed E-state index contributed by atoms with van der Waals surface area (Å²) in [6.07, 6.45) is 5.87. The van der Waals surface area contributed by atoms with Crippen molar-refractivity contribution >= 4 is 17.6 Å². The zero-order valence-corrected chi connectivity index (χ0v) is 19.2.